The van der Waals surface area contributed by atoms with Gasteiger partial charge in [-0.3, -0.25) is 4.79 Å². The van der Waals surface area contributed by atoms with Gasteiger partial charge in [0.05, 0.1) is 11.6 Å². The smallest absolute Gasteiger partial charge is 0.326 e. The first-order chi connectivity index (χ1) is 9.13. The summed E-state index contributed by atoms with van der Waals surface area (Å²) in [5.74, 6) is -1.16. The number of aliphatic carboxylic acids is 1. The maximum atomic E-state index is 10.9. The van der Waals surface area contributed by atoms with Crippen molar-refractivity contribution in [1.29, 1.82) is 5.26 Å². The number of hydrogen-bond acceptors (Lipinski definition) is 2. The van der Waals surface area contributed by atoms with Gasteiger partial charge in [-0.05, 0) is 22.8 Å². The van der Waals surface area contributed by atoms with Gasteiger partial charge in [0, 0.05) is 0 Å². The lowest BCUT2D eigenvalue weighted by Gasteiger charge is -2.09. The van der Waals surface area contributed by atoms with Crippen LogP contribution in [0.3, 0.4) is 0 Å². The van der Waals surface area contributed by atoms with Crippen LogP contribution in [0.15, 0.2) is 48.5 Å². The number of alkyl halides is 1. The van der Waals surface area contributed by atoms with Gasteiger partial charge in [0.1, 0.15) is 0 Å². The predicted molar refractivity (Wildman–Crippen MR) is 72.8 cm³/mol. The molecule has 0 amide bonds. The van der Waals surface area contributed by atoms with E-state index in [1.54, 1.807) is 18.2 Å². The van der Waals surface area contributed by atoms with Gasteiger partial charge in [0.2, 0.25) is 0 Å². The second kappa shape index (κ2) is 5.55. The van der Waals surface area contributed by atoms with Crippen LogP contribution in [0.4, 0.5) is 0 Å². The fourth-order valence-corrected chi connectivity index (χ4v) is 2.01. The van der Waals surface area contributed by atoms with Crippen LogP contribution < -0.4 is 0 Å². The molecule has 4 heteroatoms. The van der Waals surface area contributed by atoms with Crippen LogP contribution in [-0.4, -0.2) is 11.1 Å². The molecule has 0 saturated carbocycles. The van der Waals surface area contributed by atoms with E-state index >= 15 is 0 Å². The van der Waals surface area contributed by atoms with E-state index in [1.165, 1.54) is 0 Å². The van der Waals surface area contributed by atoms with E-state index < -0.39 is 11.3 Å². The van der Waals surface area contributed by atoms with Crippen LogP contribution >= 0.6 is 11.6 Å². The van der Waals surface area contributed by atoms with Gasteiger partial charge in [-0.2, -0.15) is 5.26 Å². The summed E-state index contributed by atoms with van der Waals surface area (Å²) in [6, 6.07) is 16.6. The Morgan fingerprint density at radius 1 is 1.16 bits per heavy atom. The number of benzene rings is 2. The van der Waals surface area contributed by atoms with Gasteiger partial charge in [-0.1, -0.05) is 42.5 Å². The maximum absolute atomic E-state index is 10.9. The van der Waals surface area contributed by atoms with E-state index in [4.69, 9.17) is 22.0 Å². The number of rotatable bonds is 3. The standard InChI is InChI=1S/C15H10ClNO2/c16-14(15(18)19)13-7-6-11(8-12(13)9-17)10-4-2-1-3-5-10/h1-8,14H,(H,18,19). The SMILES string of the molecule is N#Cc1cc(-c2ccccc2)ccc1C(Cl)C(=O)O. The summed E-state index contributed by atoms with van der Waals surface area (Å²) in [7, 11) is 0. The third-order valence-electron chi connectivity index (χ3n) is 2.77. The zero-order valence-electron chi connectivity index (χ0n) is 9.88. The molecule has 0 radical (unpaired) electrons. The highest BCUT2D eigenvalue weighted by Gasteiger charge is 2.20. The molecule has 1 unspecified atom stereocenters. The molecular formula is C15H10ClNO2. The Balaban J connectivity index is 2.49. The van der Waals surface area contributed by atoms with Crippen molar-refractivity contribution in [2.45, 2.75) is 5.38 Å². The van der Waals surface area contributed by atoms with Crippen molar-refractivity contribution in [3.8, 4) is 17.2 Å². The Morgan fingerprint density at radius 3 is 2.42 bits per heavy atom. The van der Waals surface area contributed by atoms with Gasteiger partial charge >= 0.3 is 5.97 Å². The van der Waals surface area contributed by atoms with Gasteiger partial charge < -0.3 is 5.11 Å². The Bertz CT molecular complexity index is 647. The summed E-state index contributed by atoms with van der Waals surface area (Å²) in [5, 5.41) is 16.8. The number of carboxylic acids is 1. The summed E-state index contributed by atoms with van der Waals surface area (Å²) in [6.45, 7) is 0. The minimum Gasteiger partial charge on any atom is -0.480 e. The lowest BCUT2D eigenvalue weighted by atomic mass is 9.98. The van der Waals surface area contributed by atoms with Crippen molar-refractivity contribution in [1.82, 2.24) is 0 Å². The average molecular weight is 272 g/mol. The van der Waals surface area contributed by atoms with Gasteiger partial charge in [0.25, 0.3) is 0 Å². The zero-order chi connectivity index (χ0) is 13.8. The summed E-state index contributed by atoms with van der Waals surface area (Å²) in [6.07, 6.45) is 0. The van der Waals surface area contributed by atoms with E-state index in [0.717, 1.165) is 11.1 Å². The number of nitriles is 1. The van der Waals surface area contributed by atoms with E-state index in [0.29, 0.717) is 5.56 Å². The highest BCUT2D eigenvalue weighted by atomic mass is 35.5. The fourth-order valence-electron chi connectivity index (χ4n) is 1.82. The second-order valence-corrected chi connectivity index (χ2v) is 4.42. The summed E-state index contributed by atoms with van der Waals surface area (Å²) >= 11 is 5.77. The topological polar surface area (TPSA) is 61.1 Å². The number of carbonyl (C=O) groups is 1. The number of nitrogens with zero attached hydrogens (tertiary/aromatic N) is 1. The third-order valence-corrected chi connectivity index (χ3v) is 3.19. The first-order valence-corrected chi connectivity index (χ1v) is 6.03. The monoisotopic (exact) mass is 271 g/mol. The van der Waals surface area contributed by atoms with Crippen LogP contribution in [0.5, 0.6) is 0 Å². The molecule has 0 fully saturated rings. The molecule has 0 aliphatic rings. The van der Waals surface area contributed by atoms with Crippen molar-refractivity contribution in [2.75, 3.05) is 0 Å². The molecule has 0 bridgehead atoms. The molecule has 2 aromatic carbocycles. The van der Waals surface area contributed by atoms with E-state index in [1.807, 2.05) is 36.4 Å². The highest BCUT2D eigenvalue weighted by molar-refractivity contribution is 6.29. The van der Waals surface area contributed by atoms with E-state index in [2.05, 4.69) is 0 Å². The van der Waals surface area contributed by atoms with Gasteiger partial charge in [0.15, 0.2) is 5.38 Å². The quantitative estimate of drug-likeness (QED) is 0.868. The first kappa shape index (κ1) is 13.1. The van der Waals surface area contributed by atoms with E-state index in [-0.39, 0.29) is 5.56 Å². The third kappa shape index (κ3) is 2.75. The Hall–Kier alpha value is -2.31. The highest BCUT2D eigenvalue weighted by Crippen LogP contribution is 2.28. The normalized spacial score (nSPS) is 11.6. The maximum Gasteiger partial charge on any atom is 0.326 e. The molecule has 1 atom stereocenters. The summed E-state index contributed by atoms with van der Waals surface area (Å²) < 4.78 is 0. The molecule has 0 aromatic heterocycles. The molecule has 0 saturated heterocycles. The van der Waals surface area contributed by atoms with Crippen molar-refractivity contribution in [3.63, 3.8) is 0 Å². The van der Waals surface area contributed by atoms with Crippen molar-refractivity contribution in [2.24, 2.45) is 0 Å². The molecule has 2 aromatic rings. The van der Waals surface area contributed by atoms with Gasteiger partial charge in [-0.25, -0.2) is 0 Å². The predicted octanol–water partition coefficient (Wildman–Crippen LogP) is 3.59. The number of halogens is 1. The Labute approximate surface area is 115 Å². The molecule has 3 nitrogen and oxygen atoms in total. The molecular weight excluding hydrogens is 262 g/mol. The van der Waals surface area contributed by atoms with Crippen LogP contribution in [0, 0.1) is 11.3 Å². The molecule has 0 heterocycles. The Kier molecular flexibility index (Phi) is 3.84. The van der Waals surface area contributed by atoms with Crippen molar-refractivity contribution in [3.05, 3.63) is 59.7 Å². The number of carboxylic acid groups (broad SMARTS) is 1. The van der Waals surface area contributed by atoms with Crippen molar-refractivity contribution >= 4 is 17.6 Å². The van der Waals surface area contributed by atoms with E-state index in [9.17, 15) is 4.79 Å². The molecule has 19 heavy (non-hydrogen) atoms. The molecule has 94 valence electrons. The minimum atomic E-state index is -1.21. The van der Waals surface area contributed by atoms with Crippen molar-refractivity contribution < 1.29 is 9.90 Å². The summed E-state index contributed by atoms with van der Waals surface area (Å²) in [4.78, 5) is 10.9. The Morgan fingerprint density at radius 2 is 1.84 bits per heavy atom. The average Bonchev–Trinajstić information content (AvgIpc) is 2.46. The largest absolute Gasteiger partial charge is 0.480 e. The second-order valence-electron chi connectivity index (χ2n) is 3.98. The minimum absolute atomic E-state index is 0.281. The van der Waals surface area contributed by atoms with Crippen LogP contribution in [0.1, 0.15) is 16.5 Å². The molecule has 0 spiro atoms. The molecule has 1 N–H and O–H groups in total. The van der Waals surface area contributed by atoms with Crippen LogP contribution in [0.2, 0.25) is 0 Å². The fraction of sp³-hybridized carbons (Fsp3) is 0.0667. The van der Waals surface area contributed by atoms with Gasteiger partial charge in [-0.15, -0.1) is 11.6 Å². The van der Waals surface area contributed by atoms with Crippen LogP contribution in [-0.2, 0) is 4.79 Å². The zero-order valence-corrected chi connectivity index (χ0v) is 10.6. The van der Waals surface area contributed by atoms with Crippen LogP contribution in [0.25, 0.3) is 11.1 Å². The molecule has 2 rings (SSSR count). The lowest BCUT2D eigenvalue weighted by Crippen LogP contribution is -2.06. The molecule has 0 aliphatic carbocycles. The lowest BCUT2D eigenvalue weighted by molar-refractivity contribution is -0.136. The summed E-state index contributed by atoms with van der Waals surface area (Å²) in [5.41, 5.74) is 2.42. The molecule has 0 aliphatic heterocycles. The first-order valence-electron chi connectivity index (χ1n) is 5.60. The number of hydrogen-bond donors (Lipinski definition) is 1.